The van der Waals surface area contributed by atoms with Gasteiger partial charge in [0.05, 0.1) is 5.56 Å². The number of aromatic hydroxyl groups is 2. The number of rotatable bonds is 2. The van der Waals surface area contributed by atoms with Crippen LogP contribution in [0.4, 0.5) is 0 Å². The van der Waals surface area contributed by atoms with Crippen molar-refractivity contribution in [3.8, 4) is 11.5 Å². The molecule has 0 fully saturated rings. The Labute approximate surface area is 80.2 Å². The number of hydrogen-bond acceptors (Lipinski definition) is 3. The molecule has 0 aliphatic heterocycles. The van der Waals surface area contributed by atoms with Crippen LogP contribution in [-0.4, -0.2) is 22.4 Å². The van der Waals surface area contributed by atoms with Crippen molar-refractivity contribution in [3.63, 3.8) is 0 Å². The molecule has 0 saturated carbocycles. The van der Waals surface area contributed by atoms with Gasteiger partial charge in [-0.15, -0.1) is 5.10 Å². The molecule has 14 heavy (non-hydrogen) atoms. The number of hydrogen-bond donors (Lipinski definition) is 5. The van der Waals surface area contributed by atoms with Crippen LogP contribution in [0.2, 0.25) is 0 Å². The number of nitrogens with zero attached hydrogens (tertiary/aromatic N) is 1. The molecule has 0 spiro atoms. The zero-order valence-electron chi connectivity index (χ0n) is 7.31. The fraction of sp³-hybridized carbons (Fsp3) is 0. The van der Waals surface area contributed by atoms with Crippen molar-refractivity contribution in [2.45, 2.75) is 0 Å². The molecule has 0 radical (unpaired) electrons. The van der Waals surface area contributed by atoms with Crippen molar-refractivity contribution in [2.75, 3.05) is 0 Å². The average molecular weight is 195 g/mol. The number of para-hydroxylation sites is 1. The van der Waals surface area contributed by atoms with Crippen LogP contribution in [0.25, 0.3) is 0 Å². The summed E-state index contributed by atoms with van der Waals surface area (Å²) >= 11 is 0. The van der Waals surface area contributed by atoms with E-state index in [-0.39, 0.29) is 17.5 Å². The zero-order chi connectivity index (χ0) is 10.6. The van der Waals surface area contributed by atoms with Crippen molar-refractivity contribution in [3.05, 3.63) is 23.8 Å². The molecule has 1 aromatic carbocycles. The first-order valence-electron chi connectivity index (χ1n) is 3.79. The highest BCUT2D eigenvalue weighted by atomic mass is 16.3. The standard InChI is InChI=1S/C8H10N4O2/c9-8(10)12-11-4-5-2-1-3-6(13)7(5)14/h1-4,13-14H,(H4,9,10,12)/p+1. The molecule has 0 amide bonds. The van der Waals surface area contributed by atoms with E-state index in [1.807, 2.05) is 0 Å². The molecule has 1 rings (SSSR count). The third-order valence-corrected chi connectivity index (χ3v) is 1.46. The Bertz CT molecular complexity index is 383. The summed E-state index contributed by atoms with van der Waals surface area (Å²) in [5, 5.41) is 24.3. The van der Waals surface area contributed by atoms with E-state index < -0.39 is 0 Å². The van der Waals surface area contributed by atoms with Crippen molar-refractivity contribution in [2.24, 2.45) is 16.6 Å². The van der Waals surface area contributed by atoms with Crippen LogP contribution in [0.1, 0.15) is 5.56 Å². The average Bonchev–Trinajstić information content (AvgIpc) is 2.12. The van der Waals surface area contributed by atoms with Crippen LogP contribution in [0, 0.1) is 0 Å². The van der Waals surface area contributed by atoms with Gasteiger partial charge >= 0.3 is 0 Å². The van der Waals surface area contributed by atoms with Gasteiger partial charge in [-0.25, -0.2) is 0 Å². The quantitative estimate of drug-likeness (QED) is 0.159. The van der Waals surface area contributed by atoms with Gasteiger partial charge in [0.1, 0.15) is 0 Å². The molecule has 0 aromatic heterocycles. The molecule has 0 heterocycles. The smallest absolute Gasteiger partial charge is 0.256 e. The number of phenols is 2. The summed E-state index contributed by atoms with van der Waals surface area (Å²) in [5.74, 6) is -0.558. The Balaban J connectivity index is 2.92. The maximum Gasteiger partial charge on any atom is 0.256 e. The summed E-state index contributed by atoms with van der Waals surface area (Å²) in [4.78, 5) is 0. The molecule has 1 aromatic rings. The van der Waals surface area contributed by atoms with Gasteiger partial charge in [0.15, 0.2) is 11.5 Å². The van der Waals surface area contributed by atoms with Crippen LogP contribution < -0.4 is 16.6 Å². The van der Waals surface area contributed by atoms with Gasteiger partial charge in [-0.05, 0) is 12.1 Å². The summed E-state index contributed by atoms with van der Waals surface area (Å²) in [7, 11) is 0. The number of hydrazone groups is 1. The van der Waals surface area contributed by atoms with Crippen LogP contribution in [-0.2, 0) is 0 Å². The highest BCUT2D eigenvalue weighted by Gasteiger charge is 2.04. The monoisotopic (exact) mass is 195 g/mol. The minimum atomic E-state index is -0.231. The SMILES string of the molecule is NC(N)=N[NH+]=Cc1cccc(O)c1O. The van der Waals surface area contributed by atoms with Crippen molar-refractivity contribution < 1.29 is 15.3 Å². The van der Waals surface area contributed by atoms with Crippen molar-refractivity contribution >= 4 is 12.2 Å². The van der Waals surface area contributed by atoms with Crippen LogP contribution in [0.15, 0.2) is 23.3 Å². The molecule has 0 unspecified atom stereocenters. The molecule has 7 N–H and O–H groups in total. The lowest BCUT2D eigenvalue weighted by molar-refractivity contribution is -0.456. The Morgan fingerprint density at radius 2 is 2.07 bits per heavy atom. The van der Waals surface area contributed by atoms with E-state index in [2.05, 4.69) is 10.2 Å². The predicted molar refractivity (Wildman–Crippen MR) is 51.7 cm³/mol. The number of nitrogens with one attached hydrogen (secondary N) is 1. The van der Waals surface area contributed by atoms with E-state index in [0.717, 1.165) is 0 Å². The second kappa shape index (κ2) is 4.13. The molecular weight excluding hydrogens is 184 g/mol. The Hall–Kier alpha value is -2.24. The summed E-state index contributed by atoms with van der Waals surface area (Å²) < 4.78 is 0. The lowest BCUT2D eigenvalue weighted by Crippen LogP contribution is -2.63. The van der Waals surface area contributed by atoms with Gasteiger partial charge in [0, 0.05) is 5.10 Å². The maximum atomic E-state index is 9.33. The van der Waals surface area contributed by atoms with Crippen molar-refractivity contribution in [1.82, 2.24) is 0 Å². The zero-order valence-corrected chi connectivity index (χ0v) is 7.31. The van der Waals surface area contributed by atoms with Crippen molar-refractivity contribution in [1.29, 1.82) is 0 Å². The van der Waals surface area contributed by atoms with Gasteiger partial charge in [0.25, 0.3) is 5.96 Å². The third kappa shape index (κ3) is 2.37. The molecule has 0 aliphatic rings. The van der Waals surface area contributed by atoms with Crippen LogP contribution >= 0.6 is 0 Å². The molecule has 74 valence electrons. The highest BCUT2D eigenvalue weighted by Crippen LogP contribution is 2.25. The maximum absolute atomic E-state index is 9.33. The van der Waals surface area contributed by atoms with Gasteiger partial charge < -0.3 is 21.7 Å². The Kier molecular flexibility index (Phi) is 2.90. The fourth-order valence-corrected chi connectivity index (χ4v) is 0.842. The minimum absolute atomic E-state index is 0.124. The number of nitrogens with two attached hydrogens (primary N) is 2. The molecule has 6 heteroatoms. The summed E-state index contributed by atoms with van der Waals surface area (Å²) in [5.41, 5.74) is 10.5. The second-order valence-electron chi connectivity index (χ2n) is 2.53. The molecule has 0 atom stereocenters. The topological polar surface area (TPSA) is 119 Å². The first kappa shape index (κ1) is 9.85. The van der Waals surface area contributed by atoms with E-state index in [9.17, 15) is 5.11 Å². The van der Waals surface area contributed by atoms with E-state index in [1.165, 1.54) is 12.3 Å². The molecular formula is C8H11N4O2+. The Morgan fingerprint density at radius 1 is 1.36 bits per heavy atom. The van der Waals surface area contributed by atoms with Crippen LogP contribution in [0.3, 0.4) is 0 Å². The van der Waals surface area contributed by atoms with E-state index in [1.54, 1.807) is 12.1 Å². The number of phenolic OH excluding ortho intramolecular Hbond substituents is 2. The molecule has 6 nitrogen and oxygen atoms in total. The van der Waals surface area contributed by atoms with E-state index in [4.69, 9.17) is 16.6 Å². The van der Waals surface area contributed by atoms with Gasteiger partial charge in [0.2, 0.25) is 6.21 Å². The third-order valence-electron chi connectivity index (χ3n) is 1.46. The Morgan fingerprint density at radius 3 is 2.71 bits per heavy atom. The molecule has 0 bridgehead atoms. The van der Waals surface area contributed by atoms with Gasteiger partial charge in [-0.2, -0.15) is 0 Å². The number of benzene rings is 1. The normalized spacial score (nSPS) is 10.3. The lowest BCUT2D eigenvalue weighted by atomic mass is 10.2. The second-order valence-corrected chi connectivity index (χ2v) is 2.53. The minimum Gasteiger partial charge on any atom is -0.504 e. The predicted octanol–water partition coefficient (Wildman–Crippen LogP) is -2.21. The number of guanidine groups is 1. The lowest BCUT2D eigenvalue weighted by Gasteiger charge is -1.96. The summed E-state index contributed by atoms with van der Waals surface area (Å²) in [6, 6.07) is 4.54. The summed E-state index contributed by atoms with van der Waals surface area (Å²) in [6.45, 7) is 0. The highest BCUT2D eigenvalue weighted by molar-refractivity contribution is 5.81. The molecule has 0 aliphatic carbocycles. The molecule has 0 saturated heterocycles. The van der Waals surface area contributed by atoms with E-state index in [0.29, 0.717) is 5.56 Å². The van der Waals surface area contributed by atoms with E-state index >= 15 is 0 Å². The van der Waals surface area contributed by atoms with Gasteiger partial charge in [-0.3, -0.25) is 0 Å². The summed E-state index contributed by atoms with van der Waals surface area (Å²) in [6.07, 6.45) is 1.36. The first-order chi connectivity index (χ1) is 6.61. The first-order valence-corrected chi connectivity index (χ1v) is 3.79. The van der Waals surface area contributed by atoms with Crippen LogP contribution in [0.5, 0.6) is 11.5 Å². The van der Waals surface area contributed by atoms with Gasteiger partial charge in [-0.1, -0.05) is 6.07 Å². The fourth-order valence-electron chi connectivity index (χ4n) is 0.842. The largest absolute Gasteiger partial charge is 0.504 e.